The maximum absolute atomic E-state index is 11.7. The minimum absolute atomic E-state index is 0.253. The van der Waals surface area contributed by atoms with Crippen LogP contribution in [0.2, 0.25) is 0 Å². The summed E-state index contributed by atoms with van der Waals surface area (Å²) in [5.74, 6) is -2.68. The first-order chi connectivity index (χ1) is 8.02. The fourth-order valence-electron chi connectivity index (χ4n) is 2.17. The van der Waals surface area contributed by atoms with E-state index in [1.807, 2.05) is 0 Å². The molecule has 2 rings (SSSR count). The van der Waals surface area contributed by atoms with Gasteiger partial charge in [0.05, 0.1) is 11.1 Å². The van der Waals surface area contributed by atoms with Crippen LogP contribution >= 0.6 is 0 Å². The van der Waals surface area contributed by atoms with Crippen molar-refractivity contribution in [3.05, 3.63) is 33.2 Å². The van der Waals surface area contributed by atoms with Crippen molar-refractivity contribution in [3.63, 3.8) is 0 Å². The molecule has 90 valence electrons. The minimum atomic E-state index is -1.38. The number of hydrogen-bond acceptors (Lipinski definition) is 3. The Labute approximate surface area is 96.1 Å². The molecule has 0 saturated heterocycles. The highest BCUT2D eigenvalue weighted by molar-refractivity contribution is 6.02. The SMILES string of the molecule is O=C(O)c1cc(=O)n2c(c1C(=O)O)CCCC2. The number of nitrogens with zero attached hydrogens (tertiary/aromatic N) is 1. The lowest BCUT2D eigenvalue weighted by Gasteiger charge is -2.20. The summed E-state index contributed by atoms with van der Waals surface area (Å²) >= 11 is 0. The highest BCUT2D eigenvalue weighted by Gasteiger charge is 2.25. The number of hydrogen-bond donors (Lipinski definition) is 2. The number of fused-ring (bicyclic) bond motifs is 1. The average Bonchev–Trinajstić information content (AvgIpc) is 2.28. The van der Waals surface area contributed by atoms with Crippen molar-refractivity contribution >= 4 is 11.9 Å². The zero-order chi connectivity index (χ0) is 12.6. The third-order valence-corrected chi connectivity index (χ3v) is 2.91. The fourth-order valence-corrected chi connectivity index (χ4v) is 2.17. The summed E-state index contributed by atoms with van der Waals surface area (Å²) in [6, 6.07) is 0.889. The summed E-state index contributed by atoms with van der Waals surface area (Å²) in [4.78, 5) is 33.8. The van der Waals surface area contributed by atoms with E-state index in [1.54, 1.807) is 0 Å². The zero-order valence-corrected chi connectivity index (χ0v) is 8.97. The van der Waals surface area contributed by atoms with Gasteiger partial charge in [-0.1, -0.05) is 0 Å². The highest BCUT2D eigenvalue weighted by atomic mass is 16.4. The smallest absolute Gasteiger partial charge is 0.338 e. The molecular formula is C11H11NO5. The summed E-state index contributed by atoms with van der Waals surface area (Å²) in [7, 11) is 0. The third-order valence-electron chi connectivity index (χ3n) is 2.91. The molecule has 17 heavy (non-hydrogen) atoms. The van der Waals surface area contributed by atoms with E-state index in [4.69, 9.17) is 10.2 Å². The first kappa shape index (κ1) is 11.4. The molecule has 0 fully saturated rings. The molecule has 0 bridgehead atoms. The van der Waals surface area contributed by atoms with Crippen LogP contribution in [0.15, 0.2) is 10.9 Å². The summed E-state index contributed by atoms with van der Waals surface area (Å²) in [6.45, 7) is 0.453. The predicted molar refractivity (Wildman–Crippen MR) is 57.6 cm³/mol. The van der Waals surface area contributed by atoms with Gasteiger partial charge in [-0.15, -0.1) is 0 Å². The Morgan fingerprint density at radius 1 is 1.18 bits per heavy atom. The van der Waals surface area contributed by atoms with Crippen LogP contribution in [0.3, 0.4) is 0 Å². The van der Waals surface area contributed by atoms with Gasteiger partial charge in [0.2, 0.25) is 0 Å². The lowest BCUT2D eigenvalue weighted by molar-refractivity contribution is 0.0648. The Hall–Kier alpha value is -2.11. The minimum Gasteiger partial charge on any atom is -0.478 e. The Bertz CT molecular complexity index is 558. The number of carboxylic acid groups (broad SMARTS) is 2. The summed E-state index contributed by atoms with van der Waals surface area (Å²) < 4.78 is 1.36. The van der Waals surface area contributed by atoms with Crippen molar-refractivity contribution in [2.45, 2.75) is 25.8 Å². The van der Waals surface area contributed by atoms with Gasteiger partial charge < -0.3 is 14.8 Å². The number of carboxylic acids is 2. The molecule has 1 aromatic heterocycles. The number of aromatic nitrogens is 1. The molecule has 1 aliphatic heterocycles. The number of carbonyl (C=O) groups is 2. The number of rotatable bonds is 2. The Balaban J connectivity index is 2.80. The van der Waals surface area contributed by atoms with Crippen molar-refractivity contribution in [1.82, 2.24) is 4.57 Å². The Morgan fingerprint density at radius 2 is 1.88 bits per heavy atom. The molecule has 0 amide bonds. The molecule has 6 nitrogen and oxygen atoms in total. The first-order valence-electron chi connectivity index (χ1n) is 5.25. The van der Waals surface area contributed by atoms with Gasteiger partial charge in [0.25, 0.3) is 5.56 Å². The van der Waals surface area contributed by atoms with E-state index >= 15 is 0 Å². The number of pyridine rings is 1. The molecule has 1 aromatic rings. The van der Waals surface area contributed by atoms with Gasteiger partial charge in [-0.25, -0.2) is 9.59 Å². The monoisotopic (exact) mass is 237 g/mol. The second-order valence-corrected chi connectivity index (χ2v) is 3.94. The van der Waals surface area contributed by atoms with E-state index in [0.717, 1.165) is 18.9 Å². The molecule has 0 aromatic carbocycles. The zero-order valence-electron chi connectivity index (χ0n) is 8.97. The van der Waals surface area contributed by atoms with Gasteiger partial charge in [-0.05, 0) is 19.3 Å². The van der Waals surface area contributed by atoms with Crippen LogP contribution in [0.4, 0.5) is 0 Å². The van der Waals surface area contributed by atoms with Crippen molar-refractivity contribution in [2.75, 3.05) is 0 Å². The van der Waals surface area contributed by atoms with Gasteiger partial charge in [-0.3, -0.25) is 4.79 Å². The van der Waals surface area contributed by atoms with Crippen molar-refractivity contribution in [3.8, 4) is 0 Å². The average molecular weight is 237 g/mol. The Morgan fingerprint density at radius 3 is 2.47 bits per heavy atom. The predicted octanol–water partition coefficient (Wildman–Crippen LogP) is 0.581. The molecular weight excluding hydrogens is 226 g/mol. The lowest BCUT2D eigenvalue weighted by atomic mass is 9.99. The van der Waals surface area contributed by atoms with Gasteiger partial charge in [0, 0.05) is 18.3 Å². The second kappa shape index (κ2) is 4.04. The standard InChI is InChI=1S/C11H11NO5/c13-8-5-6(10(14)15)9(11(16)17)7-3-1-2-4-12(7)8/h5H,1-4H2,(H,14,15)(H,16,17). The van der Waals surface area contributed by atoms with Gasteiger partial charge in [-0.2, -0.15) is 0 Å². The number of aromatic carboxylic acids is 2. The largest absolute Gasteiger partial charge is 0.478 e. The lowest BCUT2D eigenvalue weighted by Crippen LogP contribution is -2.31. The van der Waals surface area contributed by atoms with E-state index in [-0.39, 0.29) is 5.56 Å². The highest BCUT2D eigenvalue weighted by Crippen LogP contribution is 2.20. The first-order valence-corrected chi connectivity index (χ1v) is 5.25. The molecule has 6 heteroatoms. The van der Waals surface area contributed by atoms with Crippen LogP contribution in [0.1, 0.15) is 39.3 Å². The topological polar surface area (TPSA) is 96.6 Å². The summed E-state index contributed by atoms with van der Waals surface area (Å²) in [5.41, 5.74) is -0.789. The van der Waals surface area contributed by atoms with Crippen LogP contribution in [-0.2, 0) is 13.0 Å². The van der Waals surface area contributed by atoms with E-state index < -0.39 is 23.1 Å². The Kier molecular flexibility index (Phi) is 2.71. The van der Waals surface area contributed by atoms with E-state index in [0.29, 0.717) is 18.7 Å². The van der Waals surface area contributed by atoms with Gasteiger partial charge in [0.1, 0.15) is 0 Å². The van der Waals surface area contributed by atoms with Crippen LogP contribution in [0.5, 0.6) is 0 Å². The van der Waals surface area contributed by atoms with Crippen LogP contribution in [-0.4, -0.2) is 26.7 Å². The molecule has 1 aliphatic rings. The van der Waals surface area contributed by atoms with E-state index in [2.05, 4.69) is 0 Å². The maximum atomic E-state index is 11.7. The van der Waals surface area contributed by atoms with Crippen LogP contribution < -0.4 is 5.56 Å². The molecule has 0 unspecified atom stereocenters. The van der Waals surface area contributed by atoms with Gasteiger partial charge >= 0.3 is 11.9 Å². The van der Waals surface area contributed by atoms with Crippen LogP contribution in [0, 0.1) is 0 Å². The van der Waals surface area contributed by atoms with E-state index in [9.17, 15) is 14.4 Å². The van der Waals surface area contributed by atoms with Crippen LogP contribution in [0.25, 0.3) is 0 Å². The van der Waals surface area contributed by atoms with E-state index in [1.165, 1.54) is 4.57 Å². The maximum Gasteiger partial charge on any atom is 0.338 e. The quantitative estimate of drug-likeness (QED) is 0.784. The molecule has 0 saturated carbocycles. The normalized spacial score (nSPS) is 14.1. The van der Waals surface area contributed by atoms with Crippen molar-refractivity contribution < 1.29 is 19.8 Å². The van der Waals surface area contributed by atoms with Gasteiger partial charge in [0.15, 0.2) is 0 Å². The third kappa shape index (κ3) is 1.82. The van der Waals surface area contributed by atoms with Crippen molar-refractivity contribution in [2.24, 2.45) is 0 Å². The summed E-state index contributed by atoms with van der Waals surface area (Å²) in [6.07, 6.45) is 2.00. The summed E-state index contributed by atoms with van der Waals surface area (Å²) in [5, 5.41) is 18.0. The molecule has 0 radical (unpaired) electrons. The van der Waals surface area contributed by atoms with Crippen molar-refractivity contribution in [1.29, 1.82) is 0 Å². The molecule has 2 N–H and O–H groups in total. The molecule has 0 aliphatic carbocycles. The molecule has 0 spiro atoms. The molecule has 2 heterocycles. The fraction of sp³-hybridized carbons (Fsp3) is 0.364. The molecule has 0 atom stereocenters. The second-order valence-electron chi connectivity index (χ2n) is 3.94.